The molecule has 0 unspecified atom stereocenters. The van der Waals surface area contributed by atoms with Crippen LogP contribution in [0.25, 0.3) is 11.1 Å². The molecule has 0 aromatic heterocycles. The second-order valence-electron chi connectivity index (χ2n) is 3.63. The summed E-state index contributed by atoms with van der Waals surface area (Å²) in [7, 11) is 0. The van der Waals surface area contributed by atoms with Crippen LogP contribution in [0.2, 0.25) is 5.02 Å². The fourth-order valence-electron chi connectivity index (χ4n) is 1.62. The monoisotopic (exact) mass is 253 g/mol. The molecular weight excluding hydrogens is 244 g/mol. The molecule has 0 aliphatic heterocycles. The molecule has 2 aromatic rings. The Morgan fingerprint density at radius 3 is 2.53 bits per heavy atom. The number of hydrogen-bond acceptors (Lipinski definition) is 1. The molecule has 17 heavy (non-hydrogen) atoms. The molecule has 0 bridgehead atoms. The van der Waals surface area contributed by atoms with Gasteiger partial charge in [0.25, 0.3) is 0 Å². The lowest BCUT2D eigenvalue weighted by atomic mass is 10.0. The Bertz CT molecular complexity index is 555. The summed E-state index contributed by atoms with van der Waals surface area (Å²) in [6.07, 6.45) is 0. The topological polar surface area (TPSA) is 26.0 Å². The fraction of sp³-hybridized carbons (Fsp3) is 0.0769. The Morgan fingerprint density at radius 1 is 1.06 bits per heavy atom. The molecule has 4 heteroatoms. The molecule has 0 atom stereocenters. The summed E-state index contributed by atoms with van der Waals surface area (Å²) >= 11 is 5.97. The molecule has 0 saturated heterocycles. The average Bonchev–Trinajstić information content (AvgIpc) is 2.33. The van der Waals surface area contributed by atoms with Gasteiger partial charge in [-0.25, -0.2) is 8.78 Å². The molecule has 0 radical (unpaired) electrons. The second kappa shape index (κ2) is 4.82. The predicted molar refractivity (Wildman–Crippen MR) is 64.7 cm³/mol. The van der Waals surface area contributed by atoms with Gasteiger partial charge in [-0.05, 0) is 35.9 Å². The van der Waals surface area contributed by atoms with Crippen molar-refractivity contribution in [2.45, 2.75) is 6.54 Å². The minimum atomic E-state index is -0.386. The van der Waals surface area contributed by atoms with Crippen LogP contribution < -0.4 is 5.73 Å². The van der Waals surface area contributed by atoms with Crippen LogP contribution in [0.5, 0.6) is 0 Å². The first-order valence-corrected chi connectivity index (χ1v) is 5.43. The third-order valence-electron chi connectivity index (χ3n) is 2.51. The van der Waals surface area contributed by atoms with E-state index in [4.69, 9.17) is 17.3 Å². The summed E-state index contributed by atoms with van der Waals surface area (Å²) < 4.78 is 26.4. The SMILES string of the molecule is NCc1cc(-c2cc(F)ccc2Cl)ccc1F. The van der Waals surface area contributed by atoms with Gasteiger partial charge in [0.05, 0.1) is 0 Å². The van der Waals surface area contributed by atoms with Gasteiger partial charge in [0.1, 0.15) is 11.6 Å². The average molecular weight is 254 g/mol. The molecule has 2 rings (SSSR count). The standard InChI is InChI=1S/C13H10ClF2N/c14-12-3-2-10(15)6-11(12)8-1-4-13(16)9(5-8)7-17/h1-6H,7,17H2. The van der Waals surface area contributed by atoms with Crippen molar-refractivity contribution in [3.05, 3.63) is 58.6 Å². The smallest absolute Gasteiger partial charge is 0.127 e. The van der Waals surface area contributed by atoms with Gasteiger partial charge in [-0.1, -0.05) is 17.7 Å². The quantitative estimate of drug-likeness (QED) is 0.867. The summed E-state index contributed by atoms with van der Waals surface area (Å²) in [5.41, 5.74) is 6.97. The highest BCUT2D eigenvalue weighted by molar-refractivity contribution is 6.33. The molecule has 0 fully saturated rings. The van der Waals surface area contributed by atoms with E-state index in [9.17, 15) is 8.78 Å². The van der Waals surface area contributed by atoms with E-state index in [0.717, 1.165) is 0 Å². The molecule has 0 saturated carbocycles. The lowest BCUT2D eigenvalue weighted by molar-refractivity contribution is 0.611. The Balaban J connectivity index is 2.56. The number of hydrogen-bond donors (Lipinski definition) is 1. The number of rotatable bonds is 2. The van der Waals surface area contributed by atoms with Crippen LogP contribution in [0.3, 0.4) is 0 Å². The van der Waals surface area contributed by atoms with Crippen LogP contribution in [0.4, 0.5) is 8.78 Å². The van der Waals surface area contributed by atoms with Crippen molar-refractivity contribution in [3.8, 4) is 11.1 Å². The lowest BCUT2D eigenvalue weighted by Crippen LogP contribution is -2.00. The van der Waals surface area contributed by atoms with Crippen molar-refractivity contribution in [2.75, 3.05) is 0 Å². The van der Waals surface area contributed by atoms with E-state index in [-0.39, 0.29) is 18.2 Å². The summed E-state index contributed by atoms with van der Waals surface area (Å²) in [4.78, 5) is 0. The summed E-state index contributed by atoms with van der Waals surface area (Å²) in [6.45, 7) is 0.0899. The number of nitrogens with two attached hydrogens (primary N) is 1. The molecule has 0 spiro atoms. The Kier molecular flexibility index (Phi) is 3.41. The predicted octanol–water partition coefficient (Wildman–Crippen LogP) is 3.74. The van der Waals surface area contributed by atoms with Crippen LogP contribution >= 0.6 is 11.6 Å². The zero-order valence-corrected chi connectivity index (χ0v) is 9.64. The number of benzene rings is 2. The molecule has 2 aromatic carbocycles. The van der Waals surface area contributed by atoms with Gasteiger partial charge in [-0.2, -0.15) is 0 Å². The summed E-state index contributed by atoms with van der Waals surface area (Å²) in [5.74, 6) is -0.758. The third kappa shape index (κ3) is 2.46. The van der Waals surface area contributed by atoms with E-state index in [1.54, 1.807) is 12.1 Å². The summed E-state index contributed by atoms with van der Waals surface area (Å²) in [6, 6.07) is 8.50. The zero-order chi connectivity index (χ0) is 12.4. The minimum Gasteiger partial charge on any atom is -0.326 e. The van der Waals surface area contributed by atoms with Crippen LogP contribution in [0.1, 0.15) is 5.56 Å². The maximum atomic E-state index is 13.3. The minimum absolute atomic E-state index is 0.0899. The van der Waals surface area contributed by atoms with Gasteiger partial charge in [0.2, 0.25) is 0 Å². The second-order valence-corrected chi connectivity index (χ2v) is 4.04. The van der Waals surface area contributed by atoms with Crippen molar-refractivity contribution in [2.24, 2.45) is 5.73 Å². The lowest BCUT2D eigenvalue weighted by Gasteiger charge is -2.07. The third-order valence-corrected chi connectivity index (χ3v) is 2.83. The largest absolute Gasteiger partial charge is 0.326 e. The van der Waals surface area contributed by atoms with E-state index in [2.05, 4.69) is 0 Å². The highest BCUT2D eigenvalue weighted by atomic mass is 35.5. The first kappa shape index (κ1) is 12.0. The van der Waals surface area contributed by atoms with Crippen molar-refractivity contribution in [3.63, 3.8) is 0 Å². The first-order valence-electron chi connectivity index (χ1n) is 5.05. The Morgan fingerprint density at radius 2 is 1.82 bits per heavy atom. The Labute approximate surface area is 103 Å². The molecule has 0 heterocycles. The fourth-order valence-corrected chi connectivity index (χ4v) is 1.84. The van der Waals surface area contributed by atoms with E-state index in [1.165, 1.54) is 24.3 Å². The highest BCUT2D eigenvalue weighted by Gasteiger charge is 2.08. The van der Waals surface area contributed by atoms with E-state index >= 15 is 0 Å². The molecule has 1 nitrogen and oxygen atoms in total. The Hall–Kier alpha value is -1.45. The van der Waals surface area contributed by atoms with Crippen molar-refractivity contribution in [1.82, 2.24) is 0 Å². The molecule has 0 aliphatic rings. The zero-order valence-electron chi connectivity index (χ0n) is 8.88. The maximum Gasteiger partial charge on any atom is 0.127 e. The maximum absolute atomic E-state index is 13.3. The molecular formula is C13H10ClF2N. The van der Waals surface area contributed by atoms with Crippen LogP contribution in [-0.2, 0) is 6.54 Å². The summed E-state index contributed by atoms with van der Waals surface area (Å²) in [5, 5.41) is 0.418. The van der Waals surface area contributed by atoms with Gasteiger partial charge < -0.3 is 5.73 Å². The van der Waals surface area contributed by atoms with Crippen LogP contribution in [-0.4, -0.2) is 0 Å². The number of halogens is 3. The molecule has 0 amide bonds. The van der Waals surface area contributed by atoms with Gasteiger partial charge >= 0.3 is 0 Å². The van der Waals surface area contributed by atoms with Crippen LogP contribution in [0.15, 0.2) is 36.4 Å². The van der Waals surface area contributed by atoms with E-state index in [0.29, 0.717) is 21.7 Å². The first-order chi connectivity index (χ1) is 8.11. The van der Waals surface area contributed by atoms with Crippen molar-refractivity contribution >= 4 is 11.6 Å². The highest BCUT2D eigenvalue weighted by Crippen LogP contribution is 2.29. The molecule has 88 valence electrons. The van der Waals surface area contributed by atoms with Crippen molar-refractivity contribution < 1.29 is 8.78 Å². The van der Waals surface area contributed by atoms with Gasteiger partial charge in [-0.15, -0.1) is 0 Å². The van der Waals surface area contributed by atoms with E-state index in [1.807, 2.05) is 0 Å². The van der Waals surface area contributed by atoms with Gasteiger partial charge in [0, 0.05) is 22.7 Å². The normalized spacial score (nSPS) is 10.6. The van der Waals surface area contributed by atoms with Gasteiger partial charge in [-0.3, -0.25) is 0 Å². The van der Waals surface area contributed by atoms with Gasteiger partial charge in [0.15, 0.2) is 0 Å². The molecule has 2 N–H and O–H groups in total. The molecule has 0 aliphatic carbocycles. The van der Waals surface area contributed by atoms with Crippen LogP contribution in [0, 0.1) is 11.6 Å². The van der Waals surface area contributed by atoms with Crippen molar-refractivity contribution in [1.29, 1.82) is 0 Å². The van der Waals surface area contributed by atoms with E-state index < -0.39 is 0 Å².